The van der Waals surface area contributed by atoms with Gasteiger partial charge in [0.15, 0.2) is 0 Å². The third-order valence-electron chi connectivity index (χ3n) is 2.66. The lowest BCUT2D eigenvalue weighted by Gasteiger charge is -2.07. The molecule has 0 saturated heterocycles. The van der Waals surface area contributed by atoms with Gasteiger partial charge in [0.2, 0.25) is 0 Å². The normalized spacial score (nSPS) is 9.80. The zero-order valence-electron chi connectivity index (χ0n) is 10.5. The first-order valence-corrected chi connectivity index (χ1v) is 5.81. The molecule has 2 aromatic carbocycles. The first kappa shape index (κ1) is 13.6. The Morgan fingerprint density at radius 1 is 1.30 bits per heavy atom. The Morgan fingerprint density at radius 2 is 2.10 bits per heavy atom. The number of esters is 1. The van der Waals surface area contributed by atoms with Crippen LogP contribution in [0.1, 0.15) is 21.5 Å². The highest BCUT2D eigenvalue weighted by Gasteiger charge is 2.12. The standard InChI is InChI=1S/C15H11FN2O2/c16-12-4-5-13(14(18)7-12)15(19)20-9-11-3-1-2-10(6-11)8-17/h1-7H,9,18H2. The first-order chi connectivity index (χ1) is 9.60. The lowest BCUT2D eigenvalue weighted by molar-refractivity contribution is 0.0474. The molecule has 0 bridgehead atoms. The number of hydrogen-bond acceptors (Lipinski definition) is 4. The molecule has 2 rings (SSSR count). The van der Waals surface area contributed by atoms with Crippen molar-refractivity contribution in [2.45, 2.75) is 6.61 Å². The molecule has 100 valence electrons. The minimum absolute atomic E-state index is 0.0190. The maximum absolute atomic E-state index is 12.9. The van der Waals surface area contributed by atoms with Gasteiger partial charge in [0.1, 0.15) is 12.4 Å². The van der Waals surface area contributed by atoms with E-state index in [0.29, 0.717) is 11.1 Å². The molecule has 20 heavy (non-hydrogen) atoms. The molecule has 5 heteroatoms. The van der Waals surface area contributed by atoms with Crippen LogP contribution in [-0.2, 0) is 11.3 Å². The maximum Gasteiger partial charge on any atom is 0.340 e. The van der Waals surface area contributed by atoms with Crippen LogP contribution in [0.15, 0.2) is 42.5 Å². The average molecular weight is 270 g/mol. The quantitative estimate of drug-likeness (QED) is 0.687. The van der Waals surface area contributed by atoms with Crippen molar-refractivity contribution in [1.82, 2.24) is 0 Å². The van der Waals surface area contributed by atoms with Crippen molar-refractivity contribution in [2.24, 2.45) is 0 Å². The van der Waals surface area contributed by atoms with Crippen molar-refractivity contribution in [3.8, 4) is 6.07 Å². The molecular formula is C15H11FN2O2. The SMILES string of the molecule is N#Cc1cccc(COC(=O)c2ccc(F)cc2N)c1. The highest BCUT2D eigenvalue weighted by atomic mass is 19.1. The minimum atomic E-state index is -0.634. The summed E-state index contributed by atoms with van der Waals surface area (Å²) in [4.78, 5) is 11.8. The molecule has 0 atom stereocenters. The number of anilines is 1. The van der Waals surface area contributed by atoms with Crippen LogP contribution in [0, 0.1) is 17.1 Å². The van der Waals surface area contributed by atoms with E-state index in [4.69, 9.17) is 15.7 Å². The van der Waals surface area contributed by atoms with E-state index in [1.54, 1.807) is 24.3 Å². The molecule has 0 aromatic heterocycles. The van der Waals surface area contributed by atoms with Crippen molar-refractivity contribution in [3.63, 3.8) is 0 Å². The lowest BCUT2D eigenvalue weighted by Crippen LogP contribution is -2.08. The Balaban J connectivity index is 2.07. The molecular weight excluding hydrogens is 259 g/mol. The topological polar surface area (TPSA) is 76.1 Å². The van der Waals surface area contributed by atoms with Crippen LogP contribution in [0.2, 0.25) is 0 Å². The second-order valence-electron chi connectivity index (χ2n) is 4.12. The maximum atomic E-state index is 12.9. The number of carbonyl (C=O) groups excluding carboxylic acids is 1. The number of rotatable bonds is 3. The van der Waals surface area contributed by atoms with Gasteiger partial charge in [-0.1, -0.05) is 12.1 Å². The van der Waals surface area contributed by atoms with Gasteiger partial charge in [-0.3, -0.25) is 0 Å². The van der Waals surface area contributed by atoms with Crippen LogP contribution >= 0.6 is 0 Å². The molecule has 0 saturated carbocycles. The molecule has 2 N–H and O–H groups in total. The number of nitrogen functional groups attached to an aromatic ring is 1. The molecule has 0 heterocycles. The first-order valence-electron chi connectivity index (χ1n) is 5.81. The zero-order chi connectivity index (χ0) is 14.5. The summed E-state index contributed by atoms with van der Waals surface area (Å²) >= 11 is 0. The lowest BCUT2D eigenvalue weighted by atomic mass is 10.1. The van der Waals surface area contributed by atoms with Gasteiger partial charge in [-0.15, -0.1) is 0 Å². The highest BCUT2D eigenvalue weighted by Crippen LogP contribution is 2.15. The number of nitrogens with zero attached hydrogens (tertiary/aromatic N) is 1. The highest BCUT2D eigenvalue weighted by molar-refractivity contribution is 5.94. The number of nitrogens with two attached hydrogens (primary N) is 1. The fourth-order valence-electron chi connectivity index (χ4n) is 1.68. The van der Waals surface area contributed by atoms with Crippen LogP contribution in [0.3, 0.4) is 0 Å². The van der Waals surface area contributed by atoms with E-state index >= 15 is 0 Å². The Hall–Kier alpha value is -2.87. The summed E-state index contributed by atoms with van der Waals surface area (Å²) in [6, 6.07) is 12.2. The second-order valence-corrected chi connectivity index (χ2v) is 4.12. The minimum Gasteiger partial charge on any atom is -0.457 e. The summed E-state index contributed by atoms with van der Waals surface area (Å²) in [7, 11) is 0. The van der Waals surface area contributed by atoms with E-state index in [2.05, 4.69) is 0 Å². The van der Waals surface area contributed by atoms with Gasteiger partial charge in [0.25, 0.3) is 0 Å². The van der Waals surface area contributed by atoms with Crippen LogP contribution in [-0.4, -0.2) is 5.97 Å². The van der Waals surface area contributed by atoms with E-state index < -0.39 is 11.8 Å². The van der Waals surface area contributed by atoms with Gasteiger partial charge >= 0.3 is 5.97 Å². The van der Waals surface area contributed by atoms with Crippen molar-refractivity contribution in [1.29, 1.82) is 5.26 Å². The number of ether oxygens (including phenoxy) is 1. The van der Waals surface area contributed by atoms with E-state index in [9.17, 15) is 9.18 Å². The molecule has 0 spiro atoms. The van der Waals surface area contributed by atoms with Crippen LogP contribution in [0.4, 0.5) is 10.1 Å². The zero-order valence-corrected chi connectivity index (χ0v) is 10.5. The van der Waals surface area contributed by atoms with Crippen LogP contribution < -0.4 is 5.73 Å². The Bertz CT molecular complexity index is 693. The van der Waals surface area contributed by atoms with Crippen molar-refractivity contribution >= 4 is 11.7 Å². The molecule has 2 aromatic rings. The Kier molecular flexibility index (Phi) is 3.96. The van der Waals surface area contributed by atoms with E-state index in [-0.39, 0.29) is 17.9 Å². The largest absolute Gasteiger partial charge is 0.457 e. The monoisotopic (exact) mass is 270 g/mol. The summed E-state index contributed by atoms with van der Waals surface area (Å²) in [5.41, 5.74) is 6.87. The summed E-state index contributed by atoms with van der Waals surface area (Å²) in [6.07, 6.45) is 0. The Labute approximate surface area is 115 Å². The fourth-order valence-corrected chi connectivity index (χ4v) is 1.68. The van der Waals surface area contributed by atoms with Gasteiger partial charge in [-0.2, -0.15) is 5.26 Å². The molecule has 0 amide bonds. The van der Waals surface area contributed by atoms with Gasteiger partial charge in [-0.05, 0) is 35.9 Å². The average Bonchev–Trinajstić information content (AvgIpc) is 2.45. The second kappa shape index (κ2) is 5.85. The van der Waals surface area contributed by atoms with Crippen molar-refractivity contribution in [2.75, 3.05) is 5.73 Å². The third kappa shape index (κ3) is 3.12. The molecule has 0 aliphatic rings. The van der Waals surface area contributed by atoms with Crippen LogP contribution in [0.5, 0.6) is 0 Å². The number of nitriles is 1. The van der Waals surface area contributed by atoms with Gasteiger partial charge in [0.05, 0.1) is 17.2 Å². The smallest absolute Gasteiger partial charge is 0.340 e. The molecule has 0 unspecified atom stereocenters. The van der Waals surface area contributed by atoms with Crippen molar-refractivity contribution in [3.05, 3.63) is 65.0 Å². The summed E-state index contributed by atoms with van der Waals surface area (Å²) in [5, 5.41) is 8.77. The molecule has 0 radical (unpaired) electrons. The summed E-state index contributed by atoms with van der Waals surface area (Å²) in [6.45, 7) is 0.0190. The van der Waals surface area contributed by atoms with Gasteiger partial charge < -0.3 is 10.5 Å². The summed E-state index contributed by atoms with van der Waals surface area (Å²) in [5.74, 6) is -1.15. The Morgan fingerprint density at radius 3 is 2.80 bits per heavy atom. The number of benzene rings is 2. The summed E-state index contributed by atoms with van der Waals surface area (Å²) < 4.78 is 18.0. The van der Waals surface area contributed by atoms with Crippen LogP contribution in [0.25, 0.3) is 0 Å². The van der Waals surface area contributed by atoms with Crippen molar-refractivity contribution < 1.29 is 13.9 Å². The molecule has 0 fully saturated rings. The van der Waals surface area contributed by atoms with E-state index in [0.717, 1.165) is 12.1 Å². The number of carbonyl (C=O) groups is 1. The van der Waals surface area contributed by atoms with E-state index in [1.165, 1.54) is 6.07 Å². The number of halogens is 1. The van der Waals surface area contributed by atoms with E-state index in [1.807, 2.05) is 6.07 Å². The molecule has 0 aliphatic carbocycles. The molecule has 0 aliphatic heterocycles. The predicted octanol–water partition coefficient (Wildman–Crippen LogP) is 2.64. The number of hydrogen-bond donors (Lipinski definition) is 1. The van der Waals surface area contributed by atoms with Gasteiger partial charge in [-0.25, -0.2) is 9.18 Å². The third-order valence-corrected chi connectivity index (χ3v) is 2.66. The molecule has 4 nitrogen and oxygen atoms in total. The van der Waals surface area contributed by atoms with Gasteiger partial charge in [0, 0.05) is 5.69 Å². The predicted molar refractivity (Wildman–Crippen MR) is 71.1 cm³/mol. The fraction of sp³-hybridized carbons (Fsp3) is 0.0667.